The molecule has 2 bridgehead atoms. The zero-order chi connectivity index (χ0) is 17.4. The zero-order valence-corrected chi connectivity index (χ0v) is 14.9. The number of halogens is 1. The molecule has 3 aliphatic heterocycles. The lowest BCUT2D eigenvalue weighted by molar-refractivity contribution is 0.0210. The lowest BCUT2D eigenvalue weighted by Crippen LogP contribution is -2.62. The molecule has 6 heteroatoms. The summed E-state index contributed by atoms with van der Waals surface area (Å²) in [5, 5.41) is 3.66. The highest BCUT2D eigenvalue weighted by atomic mass is 32.2. The highest BCUT2D eigenvalue weighted by Gasteiger charge is 2.40. The number of hydrogen-bond donors (Lipinski definition) is 1. The largest absolute Gasteiger partial charge is 0.444 e. The van der Waals surface area contributed by atoms with Gasteiger partial charge in [0.25, 0.3) is 5.91 Å². The van der Waals surface area contributed by atoms with Gasteiger partial charge in [-0.2, -0.15) is 0 Å². The Bertz CT molecular complexity index is 768. The summed E-state index contributed by atoms with van der Waals surface area (Å²) in [7, 11) is 0. The van der Waals surface area contributed by atoms with E-state index < -0.39 is 0 Å². The molecule has 132 valence electrons. The molecule has 5 rings (SSSR count). The van der Waals surface area contributed by atoms with Crippen LogP contribution in [0.3, 0.4) is 0 Å². The number of rotatable bonds is 4. The van der Waals surface area contributed by atoms with Gasteiger partial charge in [0.05, 0.1) is 4.90 Å². The van der Waals surface area contributed by atoms with Gasteiger partial charge in [0.15, 0.2) is 10.9 Å². The van der Waals surface area contributed by atoms with Crippen LogP contribution in [0.5, 0.6) is 0 Å². The predicted octanol–water partition coefficient (Wildman–Crippen LogP) is 3.78. The highest BCUT2D eigenvalue weighted by molar-refractivity contribution is 7.99. The molecule has 3 saturated heterocycles. The predicted molar refractivity (Wildman–Crippen MR) is 94.2 cm³/mol. The van der Waals surface area contributed by atoms with Crippen molar-refractivity contribution in [3.05, 3.63) is 48.0 Å². The van der Waals surface area contributed by atoms with Crippen molar-refractivity contribution < 1.29 is 13.6 Å². The summed E-state index contributed by atoms with van der Waals surface area (Å²) in [5.41, 5.74) is 0. The van der Waals surface area contributed by atoms with Crippen molar-refractivity contribution in [3.8, 4) is 0 Å². The molecule has 0 unspecified atom stereocenters. The van der Waals surface area contributed by atoms with Gasteiger partial charge in [-0.3, -0.25) is 9.69 Å². The van der Waals surface area contributed by atoms with Crippen molar-refractivity contribution >= 4 is 17.7 Å². The Kier molecular flexibility index (Phi) is 4.56. The number of carbonyl (C=O) groups is 1. The summed E-state index contributed by atoms with van der Waals surface area (Å²) < 4.78 is 19.4. The number of benzene rings is 1. The molecule has 4 nitrogen and oxygen atoms in total. The van der Waals surface area contributed by atoms with Crippen LogP contribution in [-0.4, -0.2) is 36.0 Å². The molecule has 3 fully saturated rings. The maximum Gasteiger partial charge on any atom is 0.287 e. The van der Waals surface area contributed by atoms with Crippen LogP contribution in [0.2, 0.25) is 0 Å². The van der Waals surface area contributed by atoms with E-state index in [1.807, 2.05) is 0 Å². The fourth-order valence-electron chi connectivity index (χ4n) is 3.90. The lowest BCUT2D eigenvalue weighted by Gasteiger charge is -2.49. The third-order valence-electron chi connectivity index (χ3n) is 5.33. The van der Waals surface area contributed by atoms with E-state index in [2.05, 4.69) is 17.1 Å². The van der Waals surface area contributed by atoms with Gasteiger partial charge in [0.1, 0.15) is 5.82 Å². The minimum Gasteiger partial charge on any atom is -0.444 e. The number of amides is 1. The molecule has 1 aromatic carbocycles. The Morgan fingerprint density at radius 1 is 1.24 bits per heavy atom. The van der Waals surface area contributed by atoms with Crippen LogP contribution in [0.15, 0.2) is 50.8 Å². The van der Waals surface area contributed by atoms with E-state index in [0.29, 0.717) is 21.9 Å². The van der Waals surface area contributed by atoms with Crippen molar-refractivity contribution in [2.24, 2.45) is 5.92 Å². The normalized spacial score (nSPS) is 28.1. The summed E-state index contributed by atoms with van der Waals surface area (Å²) >= 11 is 1.18. The molecular formula is C19H21FN2O2S. The number of fused-ring (bicyclic) bond motifs is 3. The number of furan rings is 1. The van der Waals surface area contributed by atoms with Gasteiger partial charge in [-0.15, -0.1) is 0 Å². The molecule has 2 aromatic rings. The summed E-state index contributed by atoms with van der Waals surface area (Å²) in [6, 6.07) is 10.4. The van der Waals surface area contributed by atoms with Gasteiger partial charge in [-0.1, -0.05) is 12.1 Å². The number of nitrogens with zero attached hydrogens (tertiary/aromatic N) is 1. The standard InChI is InChI=1S/C19H21FN2O2S/c1-12-18(13-8-10-22(12)11-9-13)21-19(23)15-6-7-17(24-15)25-16-5-3-2-4-14(16)20/h2-7,12-13,18H,8-11H2,1H3,(H,21,23)/t12-,18-/m0/s1. The second kappa shape index (κ2) is 6.84. The molecule has 0 saturated carbocycles. The van der Waals surface area contributed by atoms with Crippen molar-refractivity contribution in [3.63, 3.8) is 0 Å². The summed E-state index contributed by atoms with van der Waals surface area (Å²) in [4.78, 5) is 15.5. The molecule has 0 spiro atoms. The van der Waals surface area contributed by atoms with E-state index in [9.17, 15) is 9.18 Å². The van der Waals surface area contributed by atoms with Gasteiger partial charge in [0.2, 0.25) is 0 Å². The van der Waals surface area contributed by atoms with Gasteiger partial charge in [-0.25, -0.2) is 4.39 Å². The Morgan fingerprint density at radius 3 is 2.72 bits per heavy atom. The second-order valence-corrected chi connectivity index (χ2v) is 7.81. The van der Waals surface area contributed by atoms with Gasteiger partial charge >= 0.3 is 0 Å². The molecule has 1 aromatic heterocycles. The van der Waals surface area contributed by atoms with Crippen molar-refractivity contribution in [1.82, 2.24) is 10.2 Å². The third kappa shape index (κ3) is 3.33. The quantitative estimate of drug-likeness (QED) is 0.901. The molecule has 2 atom stereocenters. The number of nitrogens with one attached hydrogen (secondary N) is 1. The molecular weight excluding hydrogens is 339 g/mol. The van der Waals surface area contributed by atoms with Crippen LogP contribution in [-0.2, 0) is 0 Å². The minimum atomic E-state index is -0.295. The van der Waals surface area contributed by atoms with E-state index in [4.69, 9.17) is 4.42 Å². The molecule has 1 N–H and O–H groups in total. The monoisotopic (exact) mass is 360 g/mol. The van der Waals surface area contributed by atoms with Crippen molar-refractivity contribution in [2.75, 3.05) is 13.1 Å². The average molecular weight is 360 g/mol. The fourth-order valence-corrected chi connectivity index (χ4v) is 4.70. The van der Waals surface area contributed by atoms with E-state index in [1.165, 1.54) is 17.8 Å². The van der Waals surface area contributed by atoms with Crippen LogP contribution in [0, 0.1) is 11.7 Å². The Balaban J connectivity index is 1.43. The third-order valence-corrected chi connectivity index (χ3v) is 6.30. The van der Waals surface area contributed by atoms with E-state index >= 15 is 0 Å². The molecule has 4 heterocycles. The zero-order valence-electron chi connectivity index (χ0n) is 14.1. The number of piperidine rings is 3. The maximum atomic E-state index is 13.7. The SMILES string of the molecule is C[C@H]1[C@H](NC(=O)c2ccc(Sc3ccccc3F)o2)C2CCN1CC2. The summed E-state index contributed by atoms with van der Waals surface area (Å²) in [6.07, 6.45) is 2.28. The Morgan fingerprint density at radius 2 is 2.00 bits per heavy atom. The highest BCUT2D eigenvalue weighted by Crippen LogP contribution is 2.33. The minimum absolute atomic E-state index is 0.169. The van der Waals surface area contributed by atoms with Crippen molar-refractivity contribution in [2.45, 2.75) is 41.8 Å². The Hall–Kier alpha value is -1.79. The second-order valence-electron chi connectivity index (χ2n) is 6.76. The average Bonchev–Trinajstić information content (AvgIpc) is 3.09. The maximum absolute atomic E-state index is 13.7. The van der Waals surface area contributed by atoms with Crippen LogP contribution in [0.4, 0.5) is 4.39 Å². The first-order valence-electron chi connectivity index (χ1n) is 8.69. The van der Waals surface area contributed by atoms with Gasteiger partial charge in [0, 0.05) is 12.1 Å². The smallest absolute Gasteiger partial charge is 0.287 e. The van der Waals surface area contributed by atoms with E-state index in [-0.39, 0.29) is 23.5 Å². The first-order chi connectivity index (χ1) is 12.1. The van der Waals surface area contributed by atoms with Gasteiger partial charge in [-0.05, 0) is 74.8 Å². The molecule has 1 amide bonds. The first kappa shape index (κ1) is 16.7. The molecule has 25 heavy (non-hydrogen) atoms. The number of carbonyl (C=O) groups excluding carboxylic acids is 1. The first-order valence-corrected chi connectivity index (χ1v) is 9.50. The number of hydrogen-bond acceptors (Lipinski definition) is 4. The topological polar surface area (TPSA) is 45.5 Å². The van der Waals surface area contributed by atoms with Gasteiger partial charge < -0.3 is 9.73 Å². The Labute approximate surface area is 150 Å². The lowest BCUT2D eigenvalue weighted by atomic mass is 9.79. The van der Waals surface area contributed by atoms with Crippen LogP contribution in [0.25, 0.3) is 0 Å². The van der Waals surface area contributed by atoms with Crippen LogP contribution in [0.1, 0.15) is 30.3 Å². The summed E-state index contributed by atoms with van der Waals surface area (Å²) in [6.45, 7) is 4.43. The molecule has 0 radical (unpaired) electrons. The van der Waals surface area contributed by atoms with E-state index in [1.54, 1.807) is 30.3 Å². The fraction of sp³-hybridized carbons (Fsp3) is 0.421. The molecule has 3 aliphatic rings. The summed E-state index contributed by atoms with van der Waals surface area (Å²) in [5.74, 6) is 0.343. The van der Waals surface area contributed by atoms with E-state index in [0.717, 1.165) is 25.9 Å². The van der Waals surface area contributed by atoms with Crippen LogP contribution < -0.4 is 5.32 Å². The molecule has 0 aliphatic carbocycles. The van der Waals surface area contributed by atoms with Crippen molar-refractivity contribution in [1.29, 1.82) is 0 Å². The van der Waals surface area contributed by atoms with Crippen LogP contribution >= 0.6 is 11.8 Å².